The molecule has 1 aliphatic heterocycles. The second kappa shape index (κ2) is 3.81. The van der Waals surface area contributed by atoms with Crippen LogP contribution in [-0.2, 0) is 9.59 Å². The van der Waals surface area contributed by atoms with Crippen molar-refractivity contribution in [2.75, 3.05) is 19.6 Å². The molecule has 0 spiro atoms. The van der Waals surface area contributed by atoms with E-state index in [0.29, 0.717) is 25.9 Å². The number of carboxylic acid groups (broad SMARTS) is 1. The topological polar surface area (TPSA) is 69.6 Å². The molecule has 5 heteroatoms. The normalized spacial score (nSPS) is 26.3. The van der Waals surface area contributed by atoms with Crippen LogP contribution >= 0.6 is 0 Å². The van der Waals surface area contributed by atoms with Crippen molar-refractivity contribution in [3.8, 4) is 0 Å². The first-order valence-corrected chi connectivity index (χ1v) is 5.40. The molecule has 0 atom stereocenters. The first kappa shape index (κ1) is 10.4. The number of hydrogen-bond acceptors (Lipinski definition) is 3. The summed E-state index contributed by atoms with van der Waals surface area (Å²) in [6, 6.07) is 0. The molecule has 1 aliphatic carbocycles. The Hall–Kier alpha value is -1.10. The maximum Gasteiger partial charge on any atom is 0.324 e. The molecular weight excluding hydrogens is 196 g/mol. The van der Waals surface area contributed by atoms with Gasteiger partial charge in [0.1, 0.15) is 5.54 Å². The number of nitrogens with zero attached hydrogens (tertiary/aromatic N) is 1. The van der Waals surface area contributed by atoms with Crippen LogP contribution in [0.25, 0.3) is 0 Å². The van der Waals surface area contributed by atoms with Gasteiger partial charge in [-0.2, -0.15) is 0 Å². The molecule has 2 N–H and O–H groups in total. The Morgan fingerprint density at radius 1 is 1.40 bits per heavy atom. The van der Waals surface area contributed by atoms with Gasteiger partial charge in [0.25, 0.3) is 0 Å². The standard InChI is InChI=1S/C10H16N2O3/c13-8-7-12(6-5-11-8)10(9(14)15)3-1-2-4-10/h1-7H2,(H,11,13)(H,14,15). The molecule has 0 aromatic rings. The van der Waals surface area contributed by atoms with Crippen molar-refractivity contribution in [1.82, 2.24) is 10.2 Å². The van der Waals surface area contributed by atoms with Crippen LogP contribution in [0, 0.1) is 0 Å². The number of piperazine rings is 1. The maximum atomic E-state index is 11.4. The van der Waals surface area contributed by atoms with Gasteiger partial charge in [0.2, 0.25) is 5.91 Å². The fraction of sp³-hybridized carbons (Fsp3) is 0.800. The lowest BCUT2D eigenvalue weighted by molar-refractivity contribution is -0.153. The zero-order valence-electron chi connectivity index (χ0n) is 8.66. The van der Waals surface area contributed by atoms with Crippen LogP contribution in [0.4, 0.5) is 0 Å². The largest absolute Gasteiger partial charge is 0.480 e. The molecule has 2 rings (SSSR count). The maximum absolute atomic E-state index is 11.4. The minimum absolute atomic E-state index is 0.0613. The van der Waals surface area contributed by atoms with Crippen molar-refractivity contribution in [1.29, 1.82) is 0 Å². The average Bonchev–Trinajstić information content (AvgIpc) is 2.67. The van der Waals surface area contributed by atoms with Gasteiger partial charge in [0, 0.05) is 13.1 Å². The van der Waals surface area contributed by atoms with Crippen molar-refractivity contribution >= 4 is 11.9 Å². The van der Waals surface area contributed by atoms with Gasteiger partial charge in [-0.25, -0.2) is 0 Å². The molecule has 0 bridgehead atoms. The second-order valence-corrected chi connectivity index (χ2v) is 4.32. The fourth-order valence-electron chi connectivity index (χ4n) is 2.63. The number of nitrogens with one attached hydrogen (secondary N) is 1. The molecule has 1 amide bonds. The van der Waals surface area contributed by atoms with E-state index in [4.69, 9.17) is 0 Å². The summed E-state index contributed by atoms with van der Waals surface area (Å²) < 4.78 is 0. The number of rotatable bonds is 2. The van der Waals surface area contributed by atoms with Crippen LogP contribution in [0.3, 0.4) is 0 Å². The molecule has 84 valence electrons. The van der Waals surface area contributed by atoms with E-state index in [1.54, 1.807) is 0 Å². The van der Waals surface area contributed by atoms with Gasteiger partial charge in [-0.05, 0) is 12.8 Å². The number of hydrogen-bond donors (Lipinski definition) is 2. The van der Waals surface area contributed by atoms with Crippen LogP contribution in [0.2, 0.25) is 0 Å². The van der Waals surface area contributed by atoms with Crippen molar-refractivity contribution in [2.45, 2.75) is 31.2 Å². The molecule has 1 saturated carbocycles. The predicted octanol–water partition coefficient (Wildman–Crippen LogP) is -0.184. The summed E-state index contributed by atoms with van der Waals surface area (Å²) in [6.45, 7) is 1.44. The highest BCUT2D eigenvalue weighted by atomic mass is 16.4. The number of carboxylic acids is 1. The van der Waals surface area contributed by atoms with Gasteiger partial charge in [-0.1, -0.05) is 12.8 Å². The van der Waals surface area contributed by atoms with E-state index in [-0.39, 0.29) is 12.5 Å². The lowest BCUT2D eigenvalue weighted by Gasteiger charge is -2.39. The highest BCUT2D eigenvalue weighted by molar-refractivity contribution is 5.83. The Kier molecular flexibility index (Phi) is 2.65. The van der Waals surface area contributed by atoms with Crippen molar-refractivity contribution in [2.24, 2.45) is 0 Å². The fourth-order valence-corrected chi connectivity index (χ4v) is 2.63. The average molecular weight is 212 g/mol. The quantitative estimate of drug-likeness (QED) is 0.666. The van der Waals surface area contributed by atoms with E-state index in [0.717, 1.165) is 12.8 Å². The van der Waals surface area contributed by atoms with Crippen LogP contribution in [0.5, 0.6) is 0 Å². The number of amides is 1. The highest BCUT2D eigenvalue weighted by Gasteiger charge is 2.47. The van der Waals surface area contributed by atoms with Crippen LogP contribution < -0.4 is 5.32 Å². The smallest absolute Gasteiger partial charge is 0.324 e. The SMILES string of the molecule is O=C1CN(C2(C(=O)O)CCCC2)CCN1. The predicted molar refractivity (Wildman–Crippen MR) is 53.4 cm³/mol. The molecule has 1 saturated heterocycles. The Labute approximate surface area is 88.4 Å². The monoisotopic (exact) mass is 212 g/mol. The van der Waals surface area contributed by atoms with Gasteiger partial charge < -0.3 is 10.4 Å². The Balaban J connectivity index is 2.17. The van der Waals surface area contributed by atoms with Gasteiger partial charge in [0.15, 0.2) is 0 Å². The third kappa shape index (κ3) is 1.71. The summed E-state index contributed by atoms with van der Waals surface area (Å²) in [4.78, 5) is 24.4. The molecule has 0 radical (unpaired) electrons. The summed E-state index contributed by atoms with van der Waals surface area (Å²) in [7, 11) is 0. The Bertz CT molecular complexity index is 284. The molecule has 0 aromatic heterocycles. The Morgan fingerprint density at radius 2 is 2.07 bits per heavy atom. The van der Waals surface area contributed by atoms with Crippen LogP contribution in [0.15, 0.2) is 0 Å². The summed E-state index contributed by atoms with van der Waals surface area (Å²) >= 11 is 0. The molecule has 0 aromatic carbocycles. The number of aliphatic carboxylic acids is 1. The summed E-state index contributed by atoms with van der Waals surface area (Å²) in [6.07, 6.45) is 3.25. The van der Waals surface area contributed by atoms with E-state index in [9.17, 15) is 14.7 Å². The number of carbonyl (C=O) groups excluding carboxylic acids is 1. The minimum Gasteiger partial charge on any atom is -0.480 e. The second-order valence-electron chi connectivity index (χ2n) is 4.32. The van der Waals surface area contributed by atoms with E-state index in [2.05, 4.69) is 5.32 Å². The zero-order chi connectivity index (χ0) is 10.9. The van der Waals surface area contributed by atoms with Gasteiger partial charge >= 0.3 is 5.97 Å². The Morgan fingerprint density at radius 3 is 2.60 bits per heavy atom. The minimum atomic E-state index is -0.769. The van der Waals surface area contributed by atoms with Crippen molar-refractivity contribution < 1.29 is 14.7 Å². The van der Waals surface area contributed by atoms with Gasteiger partial charge in [-0.3, -0.25) is 14.5 Å². The van der Waals surface area contributed by atoms with Crippen molar-refractivity contribution in [3.63, 3.8) is 0 Å². The van der Waals surface area contributed by atoms with E-state index >= 15 is 0 Å². The highest BCUT2D eigenvalue weighted by Crippen LogP contribution is 2.35. The van der Waals surface area contributed by atoms with Gasteiger partial charge in [-0.15, -0.1) is 0 Å². The summed E-state index contributed by atoms with van der Waals surface area (Å²) in [5.74, 6) is -0.830. The molecule has 0 unspecified atom stereocenters. The van der Waals surface area contributed by atoms with Crippen molar-refractivity contribution in [3.05, 3.63) is 0 Å². The molecule has 2 aliphatic rings. The lowest BCUT2D eigenvalue weighted by atomic mass is 9.94. The van der Waals surface area contributed by atoms with E-state index < -0.39 is 11.5 Å². The molecular formula is C10H16N2O3. The summed E-state index contributed by atoms with van der Waals surface area (Å²) in [5, 5.41) is 12.0. The van der Waals surface area contributed by atoms with Gasteiger partial charge in [0.05, 0.1) is 6.54 Å². The summed E-state index contributed by atoms with van der Waals surface area (Å²) in [5.41, 5.74) is -0.766. The molecule has 15 heavy (non-hydrogen) atoms. The first-order valence-electron chi connectivity index (χ1n) is 5.40. The zero-order valence-corrected chi connectivity index (χ0v) is 8.66. The third-order valence-corrected chi connectivity index (χ3v) is 3.47. The third-order valence-electron chi connectivity index (χ3n) is 3.47. The van der Waals surface area contributed by atoms with E-state index in [1.807, 2.05) is 4.90 Å². The molecule has 5 nitrogen and oxygen atoms in total. The molecule has 2 fully saturated rings. The lowest BCUT2D eigenvalue weighted by Crippen LogP contribution is -2.60. The van der Waals surface area contributed by atoms with Crippen LogP contribution in [-0.4, -0.2) is 47.1 Å². The van der Waals surface area contributed by atoms with E-state index in [1.165, 1.54) is 0 Å². The molecule has 1 heterocycles. The van der Waals surface area contributed by atoms with Crippen LogP contribution in [0.1, 0.15) is 25.7 Å². The number of carbonyl (C=O) groups is 2. The first-order chi connectivity index (χ1) is 7.15.